The van der Waals surface area contributed by atoms with E-state index in [-0.39, 0.29) is 5.91 Å². The van der Waals surface area contributed by atoms with Crippen molar-refractivity contribution in [3.63, 3.8) is 0 Å². The molecule has 0 saturated carbocycles. The molecule has 144 valence electrons. The number of aryl methyl sites for hydroxylation is 1. The van der Waals surface area contributed by atoms with Crippen molar-refractivity contribution in [3.05, 3.63) is 52.7 Å². The molecular weight excluding hydrogens is 398 g/mol. The number of hydrogen-bond acceptors (Lipinski definition) is 5. The maximum absolute atomic E-state index is 12.9. The highest BCUT2D eigenvalue weighted by molar-refractivity contribution is 7.98. The molecular formula is C20H18ClN3O3S. The number of thioether (sulfide) groups is 1. The zero-order chi connectivity index (χ0) is 19.8. The number of carbonyl (C=O) groups excluding carboxylic acids is 1. The summed E-state index contributed by atoms with van der Waals surface area (Å²) in [6.07, 6.45) is 0. The first kappa shape index (κ1) is 18.7. The van der Waals surface area contributed by atoms with Gasteiger partial charge in [-0.3, -0.25) is 9.48 Å². The molecule has 0 aliphatic carbocycles. The van der Waals surface area contributed by atoms with Crippen LogP contribution in [0, 0.1) is 0 Å². The Morgan fingerprint density at radius 3 is 2.71 bits per heavy atom. The second-order valence-corrected chi connectivity index (χ2v) is 7.71. The van der Waals surface area contributed by atoms with E-state index in [1.165, 1.54) is 0 Å². The SMILES string of the molecule is COc1ccc(NC(=O)c2nn(C)c3c2CSc2ccc(Cl)cc2-3)cc1OC. The lowest BCUT2D eigenvalue weighted by atomic mass is 10.1. The standard InChI is InChI=1S/C20H18ClN3O3S/c1-24-19-13-8-11(21)4-7-17(13)28-10-14(19)18(23-24)20(25)22-12-5-6-15(26-2)16(9-12)27-3/h4-9H,10H2,1-3H3,(H,22,25). The maximum atomic E-state index is 12.9. The Bertz CT molecular complexity index is 1080. The number of hydrogen-bond donors (Lipinski definition) is 1. The van der Waals surface area contributed by atoms with Crippen LogP contribution in [0.25, 0.3) is 11.3 Å². The number of nitrogens with one attached hydrogen (secondary N) is 1. The molecule has 8 heteroatoms. The van der Waals surface area contributed by atoms with E-state index in [0.717, 1.165) is 21.7 Å². The van der Waals surface area contributed by atoms with Crippen LogP contribution in [-0.2, 0) is 12.8 Å². The fourth-order valence-electron chi connectivity index (χ4n) is 3.29. The second-order valence-electron chi connectivity index (χ2n) is 6.25. The number of benzene rings is 2. The van der Waals surface area contributed by atoms with Crippen LogP contribution >= 0.6 is 23.4 Å². The van der Waals surface area contributed by atoms with Gasteiger partial charge in [-0.25, -0.2) is 0 Å². The van der Waals surface area contributed by atoms with E-state index in [1.807, 2.05) is 25.2 Å². The van der Waals surface area contributed by atoms with Gasteiger partial charge in [0.2, 0.25) is 0 Å². The van der Waals surface area contributed by atoms with Gasteiger partial charge in [-0.15, -0.1) is 11.8 Å². The fourth-order valence-corrected chi connectivity index (χ4v) is 4.51. The molecule has 1 aliphatic rings. The molecule has 0 radical (unpaired) electrons. The van der Waals surface area contributed by atoms with Crippen molar-refractivity contribution < 1.29 is 14.3 Å². The first-order valence-corrected chi connectivity index (χ1v) is 9.90. The van der Waals surface area contributed by atoms with E-state index in [1.54, 1.807) is 48.9 Å². The van der Waals surface area contributed by atoms with Crippen molar-refractivity contribution >= 4 is 35.0 Å². The maximum Gasteiger partial charge on any atom is 0.276 e. The van der Waals surface area contributed by atoms with E-state index in [9.17, 15) is 4.79 Å². The number of fused-ring (bicyclic) bond motifs is 3. The van der Waals surface area contributed by atoms with Crippen LogP contribution in [0.4, 0.5) is 5.69 Å². The minimum Gasteiger partial charge on any atom is -0.493 e. The molecule has 0 saturated heterocycles. The van der Waals surface area contributed by atoms with Gasteiger partial charge in [-0.05, 0) is 30.3 Å². The zero-order valence-corrected chi connectivity index (χ0v) is 17.1. The lowest BCUT2D eigenvalue weighted by molar-refractivity contribution is 0.102. The van der Waals surface area contributed by atoms with Crippen molar-refractivity contribution in [1.82, 2.24) is 9.78 Å². The lowest BCUT2D eigenvalue weighted by Crippen LogP contribution is -2.15. The lowest BCUT2D eigenvalue weighted by Gasteiger charge is -2.17. The van der Waals surface area contributed by atoms with Crippen LogP contribution < -0.4 is 14.8 Å². The number of nitrogens with zero attached hydrogens (tertiary/aromatic N) is 2. The number of rotatable bonds is 4. The minimum atomic E-state index is -0.268. The molecule has 1 aliphatic heterocycles. The van der Waals surface area contributed by atoms with Gasteiger partial charge in [0.15, 0.2) is 17.2 Å². The van der Waals surface area contributed by atoms with Gasteiger partial charge < -0.3 is 14.8 Å². The predicted molar refractivity (Wildman–Crippen MR) is 111 cm³/mol. The summed E-state index contributed by atoms with van der Waals surface area (Å²) in [7, 11) is 4.96. The van der Waals surface area contributed by atoms with Crippen LogP contribution in [0.1, 0.15) is 16.1 Å². The van der Waals surface area contributed by atoms with Crippen molar-refractivity contribution in [2.45, 2.75) is 10.6 Å². The third kappa shape index (κ3) is 3.21. The Balaban J connectivity index is 1.68. The van der Waals surface area contributed by atoms with Gasteiger partial charge in [-0.1, -0.05) is 11.6 Å². The van der Waals surface area contributed by atoms with E-state index >= 15 is 0 Å². The average molecular weight is 416 g/mol. The van der Waals surface area contributed by atoms with E-state index in [4.69, 9.17) is 21.1 Å². The third-order valence-electron chi connectivity index (χ3n) is 4.57. The molecule has 0 unspecified atom stereocenters. The van der Waals surface area contributed by atoms with E-state index in [2.05, 4.69) is 10.4 Å². The van der Waals surface area contributed by atoms with Crippen LogP contribution in [0.2, 0.25) is 5.02 Å². The summed E-state index contributed by atoms with van der Waals surface area (Å²) in [5.41, 5.74) is 3.84. The summed E-state index contributed by atoms with van der Waals surface area (Å²) < 4.78 is 12.3. The number of carbonyl (C=O) groups is 1. The Kier molecular flexibility index (Phi) is 4.95. The number of halogens is 1. The molecule has 0 bridgehead atoms. The Morgan fingerprint density at radius 2 is 1.96 bits per heavy atom. The highest BCUT2D eigenvalue weighted by Gasteiger charge is 2.28. The van der Waals surface area contributed by atoms with Crippen molar-refractivity contribution in [1.29, 1.82) is 0 Å². The Morgan fingerprint density at radius 1 is 1.18 bits per heavy atom. The van der Waals surface area contributed by atoms with Gasteiger partial charge >= 0.3 is 0 Å². The van der Waals surface area contributed by atoms with Gasteiger partial charge in [0.25, 0.3) is 5.91 Å². The molecule has 6 nitrogen and oxygen atoms in total. The number of aromatic nitrogens is 2. The molecule has 0 atom stereocenters. The van der Waals surface area contributed by atoms with Crippen molar-refractivity contribution in [2.75, 3.05) is 19.5 Å². The third-order valence-corrected chi connectivity index (χ3v) is 5.91. The molecule has 1 amide bonds. The van der Waals surface area contributed by atoms with Crippen molar-refractivity contribution in [2.24, 2.45) is 7.05 Å². The summed E-state index contributed by atoms with van der Waals surface area (Å²) in [6, 6.07) is 11.0. The minimum absolute atomic E-state index is 0.268. The number of anilines is 1. The number of methoxy groups -OCH3 is 2. The fraction of sp³-hybridized carbons (Fsp3) is 0.200. The van der Waals surface area contributed by atoms with Crippen LogP contribution in [0.15, 0.2) is 41.3 Å². The number of amides is 1. The van der Waals surface area contributed by atoms with Gasteiger partial charge in [0.1, 0.15) is 0 Å². The zero-order valence-electron chi connectivity index (χ0n) is 15.6. The predicted octanol–water partition coefficient (Wildman–Crippen LogP) is 4.62. The smallest absolute Gasteiger partial charge is 0.276 e. The molecule has 1 N–H and O–H groups in total. The first-order chi connectivity index (χ1) is 13.5. The van der Waals surface area contributed by atoms with Crippen molar-refractivity contribution in [3.8, 4) is 22.8 Å². The molecule has 2 heterocycles. The van der Waals surface area contributed by atoms with Crippen LogP contribution in [0.5, 0.6) is 11.5 Å². The highest BCUT2D eigenvalue weighted by Crippen LogP contribution is 2.43. The molecule has 1 aromatic heterocycles. The monoisotopic (exact) mass is 415 g/mol. The Hall–Kier alpha value is -2.64. The molecule has 0 spiro atoms. The van der Waals surface area contributed by atoms with Gasteiger partial charge in [0, 0.05) is 45.6 Å². The Labute approximate surface area is 171 Å². The molecule has 3 aromatic rings. The van der Waals surface area contributed by atoms with Gasteiger partial charge in [0.05, 0.1) is 19.9 Å². The van der Waals surface area contributed by atoms with Crippen LogP contribution in [0.3, 0.4) is 0 Å². The summed E-state index contributed by atoms with van der Waals surface area (Å²) in [5, 5.41) is 8.04. The quantitative estimate of drug-likeness (QED) is 0.673. The van der Waals surface area contributed by atoms with E-state index in [0.29, 0.717) is 33.7 Å². The normalized spacial score (nSPS) is 12.1. The van der Waals surface area contributed by atoms with E-state index < -0.39 is 0 Å². The highest BCUT2D eigenvalue weighted by atomic mass is 35.5. The molecule has 4 rings (SSSR count). The summed E-state index contributed by atoms with van der Waals surface area (Å²) in [5.74, 6) is 1.55. The molecule has 2 aromatic carbocycles. The summed E-state index contributed by atoms with van der Waals surface area (Å²) >= 11 is 7.86. The first-order valence-electron chi connectivity index (χ1n) is 8.53. The topological polar surface area (TPSA) is 65.4 Å². The average Bonchev–Trinajstić information content (AvgIpc) is 3.05. The van der Waals surface area contributed by atoms with Crippen LogP contribution in [-0.4, -0.2) is 29.9 Å². The van der Waals surface area contributed by atoms with Gasteiger partial charge in [-0.2, -0.15) is 5.10 Å². The number of ether oxygens (including phenoxy) is 2. The summed E-state index contributed by atoms with van der Waals surface area (Å²) in [4.78, 5) is 14.1. The molecule has 0 fully saturated rings. The summed E-state index contributed by atoms with van der Waals surface area (Å²) in [6.45, 7) is 0. The second kappa shape index (κ2) is 7.41. The molecule has 28 heavy (non-hydrogen) atoms. The largest absolute Gasteiger partial charge is 0.493 e.